The predicted octanol–water partition coefficient (Wildman–Crippen LogP) is 3.12. The van der Waals surface area contributed by atoms with Crippen molar-refractivity contribution in [2.45, 2.75) is 50.7 Å². The smallest absolute Gasteiger partial charge is 0.407 e. The van der Waals surface area contributed by atoms with E-state index in [9.17, 15) is 14.7 Å². The maximum absolute atomic E-state index is 12.2. The van der Waals surface area contributed by atoms with Gasteiger partial charge in [0.2, 0.25) is 0 Å². The largest absolute Gasteiger partial charge is 0.445 e. The van der Waals surface area contributed by atoms with Gasteiger partial charge in [0.25, 0.3) is 0 Å². The van der Waals surface area contributed by atoms with Gasteiger partial charge >= 0.3 is 12.2 Å². The average Bonchev–Trinajstić information content (AvgIpc) is 2.74. The maximum atomic E-state index is 12.2. The molecule has 1 saturated carbocycles. The van der Waals surface area contributed by atoms with Crippen molar-refractivity contribution < 1.29 is 24.2 Å². The third kappa shape index (κ3) is 6.80. The first kappa shape index (κ1) is 20.7. The van der Waals surface area contributed by atoms with Crippen LogP contribution in [0.3, 0.4) is 0 Å². The minimum absolute atomic E-state index is 0.152. The van der Waals surface area contributed by atoms with Gasteiger partial charge in [-0.3, -0.25) is 0 Å². The summed E-state index contributed by atoms with van der Waals surface area (Å²) in [7, 11) is 0. The quantitative estimate of drug-likeness (QED) is 0.695. The Labute approximate surface area is 170 Å². The molecule has 2 amide bonds. The summed E-state index contributed by atoms with van der Waals surface area (Å²) in [6.07, 6.45) is -0.263. The van der Waals surface area contributed by atoms with Gasteiger partial charge < -0.3 is 25.2 Å². The Morgan fingerprint density at radius 1 is 0.793 bits per heavy atom. The molecule has 2 aromatic rings. The van der Waals surface area contributed by atoms with Crippen LogP contribution in [0.5, 0.6) is 0 Å². The molecule has 7 heteroatoms. The van der Waals surface area contributed by atoms with Crippen molar-refractivity contribution in [2.75, 3.05) is 0 Å². The number of amides is 2. The lowest BCUT2D eigenvalue weighted by Gasteiger charge is -2.34. The average molecular weight is 398 g/mol. The van der Waals surface area contributed by atoms with Crippen LogP contribution in [-0.4, -0.2) is 35.5 Å². The van der Waals surface area contributed by atoms with Gasteiger partial charge in [0.15, 0.2) is 0 Å². The topological polar surface area (TPSA) is 96.9 Å². The zero-order valence-corrected chi connectivity index (χ0v) is 16.1. The SMILES string of the molecule is O=C(N[C@H]1CC(O)CC[C@H]1NC(=O)OCc1ccccc1)OCc1ccccc1. The van der Waals surface area contributed by atoms with E-state index in [4.69, 9.17) is 9.47 Å². The Bertz CT molecular complexity index is 784. The highest BCUT2D eigenvalue weighted by Gasteiger charge is 2.32. The van der Waals surface area contributed by atoms with Crippen molar-refractivity contribution in [1.29, 1.82) is 0 Å². The Morgan fingerprint density at radius 3 is 1.79 bits per heavy atom. The minimum atomic E-state index is -0.586. The first-order valence-electron chi connectivity index (χ1n) is 9.72. The second-order valence-electron chi connectivity index (χ2n) is 7.09. The van der Waals surface area contributed by atoms with E-state index in [0.29, 0.717) is 19.3 Å². The molecule has 0 aliphatic heterocycles. The molecule has 1 aliphatic rings. The molecule has 1 aliphatic carbocycles. The maximum Gasteiger partial charge on any atom is 0.407 e. The number of aliphatic hydroxyl groups is 1. The molecular weight excluding hydrogens is 372 g/mol. The van der Waals surface area contributed by atoms with Gasteiger partial charge in [0.1, 0.15) is 13.2 Å². The number of alkyl carbamates (subject to hydrolysis) is 2. The van der Waals surface area contributed by atoms with Crippen LogP contribution in [0.15, 0.2) is 60.7 Å². The van der Waals surface area contributed by atoms with Crippen LogP contribution >= 0.6 is 0 Å². The second-order valence-corrected chi connectivity index (χ2v) is 7.09. The number of rotatable bonds is 6. The van der Waals surface area contributed by atoms with Crippen LogP contribution < -0.4 is 10.6 Å². The van der Waals surface area contributed by atoms with Crippen LogP contribution in [-0.2, 0) is 22.7 Å². The van der Waals surface area contributed by atoms with E-state index in [1.54, 1.807) is 0 Å². The summed E-state index contributed by atoms with van der Waals surface area (Å²) in [6, 6.07) is 18.0. The second kappa shape index (κ2) is 10.5. The highest BCUT2D eigenvalue weighted by atomic mass is 16.6. The number of carbonyl (C=O) groups is 2. The fourth-order valence-corrected chi connectivity index (χ4v) is 3.31. The third-order valence-electron chi connectivity index (χ3n) is 4.85. The monoisotopic (exact) mass is 398 g/mol. The number of aliphatic hydroxyl groups excluding tert-OH is 1. The van der Waals surface area contributed by atoms with Gasteiger partial charge in [-0.05, 0) is 30.4 Å². The molecule has 1 unspecified atom stereocenters. The van der Waals surface area contributed by atoms with Crippen molar-refractivity contribution in [3.63, 3.8) is 0 Å². The molecular formula is C22H26N2O5. The van der Waals surface area contributed by atoms with Crippen LogP contribution in [0.1, 0.15) is 30.4 Å². The fraction of sp³-hybridized carbons (Fsp3) is 0.364. The summed E-state index contributed by atoms with van der Waals surface area (Å²) in [5.74, 6) is 0. The number of hydrogen-bond acceptors (Lipinski definition) is 5. The van der Waals surface area contributed by atoms with Crippen LogP contribution in [0.2, 0.25) is 0 Å². The van der Waals surface area contributed by atoms with E-state index in [1.165, 1.54) is 0 Å². The summed E-state index contributed by atoms with van der Waals surface area (Å²) in [5.41, 5.74) is 1.77. The zero-order valence-electron chi connectivity index (χ0n) is 16.1. The molecule has 3 N–H and O–H groups in total. The number of carbonyl (C=O) groups excluding carboxylic acids is 2. The Hall–Kier alpha value is -3.06. The van der Waals surface area contributed by atoms with E-state index in [-0.39, 0.29) is 19.3 Å². The van der Waals surface area contributed by atoms with Crippen LogP contribution in [0.25, 0.3) is 0 Å². The Kier molecular flexibility index (Phi) is 7.47. The zero-order chi connectivity index (χ0) is 20.5. The van der Waals surface area contributed by atoms with Gasteiger partial charge in [-0.1, -0.05) is 60.7 Å². The molecule has 0 bridgehead atoms. The molecule has 0 aromatic heterocycles. The normalized spacial score (nSPS) is 21.1. The number of benzene rings is 2. The predicted molar refractivity (Wildman–Crippen MR) is 107 cm³/mol. The number of nitrogens with one attached hydrogen (secondary N) is 2. The standard InChI is InChI=1S/C22H26N2O5/c25-18-11-12-19(23-21(26)28-14-16-7-3-1-4-8-16)20(13-18)24-22(27)29-15-17-9-5-2-6-10-17/h1-10,18-20,25H,11-15H2,(H,23,26)(H,24,27)/t18?,19-,20+/m1/s1. The van der Waals surface area contributed by atoms with Crippen LogP contribution in [0.4, 0.5) is 9.59 Å². The van der Waals surface area contributed by atoms with Crippen molar-refractivity contribution >= 4 is 12.2 Å². The molecule has 0 saturated heterocycles. The summed E-state index contributed by atoms with van der Waals surface area (Å²) >= 11 is 0. The van der Waals surface area contributed by atoms with Gasteiger partial charge in [0, 0.05) is 0 Å². The first-order chi connectivity index (χ1) is 14.1. The minimum Gasteiger partial charge on any atom is -0.445 e. The van der Waals surface area contributed by atoms with Crippen LogP contribution in [0, 0.1) is 0 Å². The van der Waals surface area contributed by atoms with E-state index in [1.807, 2.05) is 60.7 Å². The molecule has 0 radical (unpaired) electrons. The lowest BCUT2D eigenvalue weighted by molar-refractivity contribution is 0.0789. The van der Waals surface area contributed by atoms with Crippen molar-refractivity contribution in [3.8, 4) is 0 Å². The molecule has 7 nitrogen and oxygen atoms in total. The van der Waals surface area contributed by atoms with Crippen molar-refractivity contribution in [3.05, 3.63) is 71.8 Å². The van der Waals surface area contributed by atoms with Gasteiger partial charge in [-0.15, -0.1) is 0 Å². The molecule has 154 valence electrons. The summed E-state index contributed by atoms with van der Waals surface area (Å²) in [4.78, 5) is 24.3. The van der Waals surface area contributed by atoms with Gasteiger partial charge in [-0.25, -0.2) is 9.59 Å². The van der Waals surface area contributed by atoms with E-state index < -0.39 is 24.3 Å². The Morgan fingerprint density at radius 2 is 1.28 bits per heavy atom. The molecule has 3 atom stereocenters. The summed E-state index contributed by atoms with van der Waals surface area (Å²) < 4.78 is 10.5. The third-order valence-corrected chi connectivity index (χ3v) is 4.85. The molecule has 0 heterocycles. The number of ether oxygens (including phenoxy) is 2. The van der Waals surface area contributed by atoms with E-state index in [2.05, 4.69) is 10.6 Å². The summed E-state index contributed by atoms with van der Waals surface area (Å²) in [5, 5.41) is 15.5. The molecule has 29 heavy (non-hydrogen) atoms. The number of hydrogen-bond donors (Lipinski definition) is 3. The molecule has 2 aromatic carbocycles. The molecule has 1 fully saturated rings. The first-order valence-corrected chi connectivity index (χ1v) is 9.72. The Balaban J connectivity index is 1.48. The van der Waals surface area contributed by atoms with Gasteiger partial charge in [-0.2, -0.15) is 0 Å². The summed E-state index contributed by atoms with van der Waals surface area (Å²) in [6.45, 7) is 0.318. The fourth-order valence-electron chi connectivity index (χ4n) is 3.31. The van der Waals surface area contributed by atoms with Gasteiger partial charge in [0.05, 0.1) is 18.2 Å². The van der Waals surface area contributed by atoms with Crippen molar-refractivity contribution in [2.24, 2.45) is 0 Å². The lowest BCUT2D eigenvalue weighted by atomic mass is 9.88. The van der Waals surface area contributed by atoms with E-state index in [0.717, 1.165) is 11.1 Å². The van der Waals surface area contributed by atoms with Crippen molar-refractivity contribution in [1.82, 2.24) is 10.6 Å². The highest BCUT2D eigenvalue weighted by molar-refractivity contribution is 5.69. The molecule has 3 rings (SSSR count). The lowest BCUT2D eigenvalue weighted by Crippen LogP contribution is -2.55. The van der Waals surface area contributed by atoms with E-state index >= 15 is 0 Å². The molecule has 0 spiro atoms. The highest BCUT2D eigenvalue weighted by Crippen LogP contribution is 2.20.